The monoisotopic (exact) mass is 196 g/mol. The van der Waals surface area contributed by atoms with E-state index in [1.807, 2.05) is 25.1 Å². The zero-order chi connectivity index (χ0) is 10.6. The van der Waals surface area contributed by atoms with Gasteiger partial charge in [0.15, 0.2) is 11.5 Å². The molecule has 78 valence electrons. The Kier molecular flexibility index (Phi) is 3.77. The molecule has 0 aliphatic carbocycles. The van der Waals surface area contributed by atoms with Crippen molar-refractivity contribution in [2.75, 3.05) is 13.7 Å². The topological polar surface area (TPSA) is 46.1 Å². The minimum atomic E-state index is 0.263. The molecule has 0 fully saturated rings. The molecule has 0 heterocycles. The molecule has 0 saturated carbocycles. The number of quaternary nitrogens is 1. The second-order valence-corrected chi connectivity index (χ2v) is 3.24. The van der Waals surface area contributed by atoms with Crippen LogP contribution in [0.25, 0.3) is 0 Å². The Hall–Kier alpha value is -1.22. The van der Waals surface area contributed by atoms with Gasteiger partial charge < -0.3 is 15.2 Å². The average molecular weight is 196 g/mol. The average Bonchev–Trinajstić information content (AvgIpc) is 2.18. The number of ether oxygens (including phenoxy) is 2. The van der Waals surface area contributed by atoms with E-state index >= 15 is 0 Å². The molecule has 1 aromatic rings. The van der Waals surface area contributed by atoms with Gasteiger partial charge in [0, 0.05) is 5.56 Å². The van der Waals surface area contributed by atoms with E-state index in [9.17, 15) is 0 Å². The van der Waals surface area contributed by atoms with E-state index in [0.717, 1.165) is 17.1 Å². The molecule has 3 heteroatoms. The summed E-state index contributed by atoms with van der Waals surface area (Å²) in [6.45, 7) is 4.65. The predicted molar refractivity (Wildman–Crippen MR) is 55.5 cm³/mol. The van der Waals surface area contributed by atoms with E-state index in [1.54, 1.807) is 7.11 Å². The number of benzene rings is 1. The highest BCUT2D eigenvalue weighted by molar-refractivity contribution is 5.43. The molecule has 0 aromatic heterocycles. The summed E-state index contributed by atoms with van der Waals surface area (Å²) in [7, 11) is 1.65. The van der Waals surface area contributed by atoms with Crippen LogP contribution < -0.4 is 15.2 Å². The Morgan fingerprint density at radius 3 is 2.57 bits per heavy atom. The summed E-state index contributed by atoms with van der Waals surface area (Å²) < 4.78 is 10.7. The fourth-order valence-corrected chi connectivity index (χ4v) is 1.27. The lowest BCUT2D eigenvalue weighted by Gasteiger charge is -2.11. The third-order valence-electron chi connectivity index (χ3n) is 2.06. The molecule has 0 radical (unpaired) electrons. The molecule has 1 atom stereocenters. The van der Waals surface area contributed by atoms with Crippen molar-refractivity contribution in [3.63, 3.8) is 0 Å². The van der Waals surface area contributed by atoms with Crippen molar-refractivity contribution in [2.24, 2.45) is 0 Å². The molecule has 14 heavy (non-hydrogen) atoms. The predicted octanol–water partition coefficient (Wildman–Crippen LogP) is 1.40. The van der Waals surface area contributed by atoms with E-state index in [1.165, 1.54) is 0 Å². The first-order chi connectivity index (χ1) is 6.69. The lowest BCUT2D eigenvalue weighted by atomic mass is 10.1. The maximum Gasteiger partial charge on any atom is 0.161 e. The fourth-order valence-electron chi connectivity index (χ4n) is 1.27. The number of hydrogen-bond acceptors (Lipinski definition) is 2. The summed E-state index contributed by atoms with van der Waals surface area (Å²) in [4.78, 5) is 0. The molecule has 0 saturated heterocycles. The molecule has 0 aliphatic heterocycles. The van der Waals surface area contributed by atoms with Gasteiger partial charge in [0.1, 0.15) is 6.04 Å². The molecule has 3 nitrogen and oxygen atoms in total. The van der Waals surface area contributed by atoms with Crippen molar-refractivity contribution in [1.29, 1.82) is 0 Å². The molecule has 1 rings (SSSR count). The van der Waals surface area contributed by atoms with Crippen LogP contribution in [0.4, 0.5) is 0 Å². The summed E-state index contributed by atoms with van der Waals surface area (Å²) in [5.74, 6) is 1.57. The third kappa shape index (κ3) is 2.39. The normalized spacial score (nSPS) is 12.3. The van der Waals surface area contributed by atoms with Crippen molar-refractivity contribution in [2.45, 2.75) is 19.9 Å². The minimum absolute atomic E-state index is 0.263. The van der Waals surface area contributed by atoms with Crippen LogP contribution in [0.1, 0.15) is 25.5 Å². The number of hydrogen-bond donors (Lipinski definition) is 1. The van der Waals surface area contributed by atoms with Crippen LogP contribution in [0.3, 0.4) is 0 Å². The van der Waals surface area contributed by atoms with E-state index in [0.29, 0.717) is 6.61 Å². The van der Waals surface area contributed by atoms with Gasteiger partial charge in [0.05, 0.1) is 13.7 Å². The lowest BCUT2D eigenvalue weighted by molar-refractivity contribution is -0.420. The van der Waals surface area contributed by atoms with Gasteiger partial charge in [0.2, 0.25) is 0 Å². The highest BCUT2D eigenvalue weighted by Crippen LogP contribution is 2.29. The van der Waals surface area contributed by atoms with Crippen molar-refractivity contribution in [3.05, 3.63) is 23.8 Å². The molecule has 0 amide bonds. The van der Waals surface area contributed by atoms with Crippen molar-refractivity contribution >= 4 is 0 Å². The fraction of sp³-hybridized carbons (Fsp3) is 0.455. The summed E-state index contributed by atoms with van der Waals surface area (Å²) in [6, 6.07) is 6.19. The Labute approximate surface area is 84.8 Å². The van der Waals surface area contributed by atoms with Gasteiger partial charge >= 0.3 is 0 Å². The Balaban J connectivity index is 2.98. The van der Waals surface area contributed by atoms with Crippen molar-refractivity contribution in [3.8, 4) is 11.5 Å². The second-order valence-electron chi connectivity index (χ2n) is 3.24. The van der Waals surface area contributed by atoms with Crippen LogP contribution in [-0.2, 0) is 0 Å². The van der Waals surface area contributed by atoms with Gasteiger partial charge in [-0.3, -0.25) is 0 Å². The van der Waals surface area contributed by atoms with Crippen LogP contribution in [0.2, 0.25) is 0 Å². The highest BCUT2D eigenvalue weighted by Gasteiger charge is 2.08. The van der Waals surface area contributed by atoms with Gasteiger partial charge in [-0.1, -0.05) is 0 Å². The van der Waals surface area contributed by atoms with E-state index < -0.39 is 0 Å². The molecule has 3 N–H and O–H groups in total. The maximum absolute atomic E-state index is 5.42. The Morgan fingerprint density at radius 2 is 2.07 bits per heavy atom. The largest absolute Gasteiger partial charge is 0.493 e. The van der Waals surface area contributed by atoms with Gasteiger partial charge in [-0.25, -0.2) is 0 Å². The first-order valence-corrected chi connectivity index (χ1v) is 4.82. The summed E-state index contributed by atoms with van der Waals surface area (Å²) in [5.41, 5.74) is 5.12. The third-order valence-corrected chi connectivity index (χ3v) is 2.06. The number of rotatable bonds is 4. The molecule has 0 spiro atoms. The molecule has 0 aliphatic rings. The summed E-state index contributed by atoms with van der Waals surface area (Å²) in [6.07, 6.45) is 0. The molecular weight excluding hydrogens is 178 g/mol. The zero-order valence-electron chi connectivity index (χ0n) is 9.04. The minimum Gasteiger partial charge on any atom is -0.493 e. The zero-order valence-corrected chi connectivity index (χ0v) is 9.04. The van der Waals surface area contributed by atoms with Crippen LogP contribution in [0, 0.1) is 0 Å². The SMILES string of the molecule is CCOc1ccc(C(C)[NH3+])cc1OC. The standard InChI is InChI=1S/C11H17NO2/c1-4-14-10-6-5-9(8(2)12)7-11(10)13-3/h5-8H,4,12H2,1-3H3/p+1. The van der Waals surface area contributed by atoms with Crippen LogP contribution in [0.5, 0.6) is 11.5 Å². The van der Waals surface area contributed by atoms with E-state index in [-0.39, 0.29) is 6.04 Å². The van der Waals surface area contributed by atoms with Crippen molar-refractivity contribution < 1.29 is 15.2 Å². The second kappa shape index (κ2) is 4.86. The molecule has 1 aromatic carbocycles. The molecule has 0 bridgehead atoms. The van der Waals surface area contributed by atoms with Gasteiger partial charge in [0.25, 0.3) is 0 Å². The highest BCUT2D eigenvalue weighted by atomic mass is 16.5. The first-order valence-electron chi connectivity index (χ1n) is 4.82. The number of methoxy groups -OCH3 is 1. The van der Waals surface area contributed by atoms with Crippen LogP contribution in [0.15, 0.2) is 18.2 Å². The van der Waals surface area contributed by atoms with Crippen molar-refractivity contribution in [1.82, 2.24) is 0 Å². The Bertz CT molecular complexity index is 297. The quantitative estimate of drug-likeness (QED) is 0.791. The lowest BCUT2D eigenvalue weighted by Crippen LogP contribution is -2.51. The molecular formula is C11H18NO2+. The van der Waals surface area contributed by atoms with Crippen LogP contribution >= 0.6 is 0 Å². The smallest absolute Gasteiger partial charge is 0.161 e. The van der Waals surface area contributed by atoms with E-state index in [2.05, 4.69) is 12.7 Å². The summed E-state index contributed by atoms with van der Waals surface area (Å²) >= 11 is 0. The van der Waals surface area contributed by atoms with Gasteiger partial charge in [-0.15, -0.1) is 0 Å². The van der Waals surface area contributed by atoms with Crippen LogP contribution in [-0.4, -0.2) is 13.7 Å². The van der Waals surface area contributed by atoms with E-state index in [4.69, 9.17) is 9.47 Å². The van der Waals surface area contributed by atoms with Gasteiger partial charge in [-0.05, 0) is 32.0 Å². The first kappa shape index (κ1) is 10.9. The Morgan fingerprint density at radius 1 is 1.36 bits per heavy atom. The van der Waals surface area contributed by atoms with Gasteiger partial charge in [-0.2, -0.15) is 0 Å². The summed E-state index contributed by atoms with van der Waals surface area (Å²) in [5, 5.41) is 0. The maximum atomic E-state index is 5.42. The molecule has 1 unspecified atom stereocenters.